The molecule has 1 N–H and O–H groups in total. The first kappa shape index (κ1) is 15.8. The number of hydrogen-bond acceptors (Lipinski definition) is 3. The molecule has 0 aliphatic heterocycles. The molecule has 0 bridgehead atoms. The lowest BCUT2D eigenvalue weighted by Gasteiger charge is -2.09. The summed E-state index contributed by atoms with van der Waals surface area (Å²) in [5.74, 6) is 0.834. The minimum absolute atomic E-state index is 0.603. The maximum atomic E-state index is 10.2. The zero-order valence-electron chi connectivity index (χ0n) is 13.2. The highest BCUT2D eigenvalue weighted by Gasteiger charge is 2.18. The molecule has 0 aliphatic rings. The fourth-order valence-electron chi connectivity index (χ4n) is 2.58. The lowest BCUT2D eigenvalue weighted by molar-refractivity contribution is 0.194. The van der Waals surface area contributed by atoms with E-state index in [1.807, 2.05) is 34.7 Å². The molecular weight excluding hydrogens is 312 g/mol. The van der Waals surface area contributed by atoms with Crippen LogP contribution in [0.15, 0.2) is 42.6 Å². The number of pyridine rings is 1. The molecule has 1 aromatic carbocycles. The molecule has 0 amide bonds. The van der Waals surface area contributed by atoms with Crippen LogP contribution in [0.4, 0.5) is 0 Å². The van der Waals surface area contributed by atoms with Crippen LogP contribution in [-0.4, -0.2) is 21.1 Å². The van der Waals surface area contributed by atoms with E-state index in [-0.39, 0.29) is 0 Å². The predicted molar refractivity (Wildman–Crippen MR) is 92.1 cm³/mol. The van der Waals surface area contributed by atoms with E-state index < -0.39 is 6.10 Å². The van der Waals surface area contributed by atoms with E-state index in [4.69, 9.17) is 16.3 Å². The molecule has 3 aromatic rings. The molecule has 4 nitrogen and oxygen atoms in total. The molecule has 0 aliphatic carbocycles. The van der Waals surface area contributed by atoms with Crippen LogP contribution in [0.2, 0.25) is 5.02 Å². The lowest BCUT2D eigenvalue weighted by Crippen LogP contribution is -1.99. The number of rotatable bonds is 5. The first-order valence-corrected chi connectivity index (χ1v) is 8.06. The van der Waals surface area contributed by atoms with Crippen LogP contribution >= 0.6 is 11.6 Å². The number of benzene rings is 1. The maximum Gasteiger partial charge on any atom is 0.137 e. The van der Waals surface area contributed by atoms with Crippen molar-refractivity contribution in [2.24, 2.45) is 0 Å². The van der Waals surface area contributed by atoms with Gasteiger partial charge >= 0.3 is 0 Å². The number of halogens is 1. The van der Waals surface area contributed by atoms with E-state index in [9.17, 15) is 5.11 Å². The lowest BCUT2D eigenvalue weighted by atomic mass is 10.1. The Labute approximate surface area is 140 Å². The van der Waals surface area contributed by atoms with Crippen molar-refractivity contribution in [3.05, 3.63) is 53.3 Å². The average molecular weight is 331 g/mol. The van der Waals surface area contributed by atoms with Crippen LogP contribution < -0.4 is 4.74 Å². The van der Waals surface area contributed by atoms with Gasteiger partial charge in [-0.15, -0.1) is 0 Å². The highest BCUT2D eigenvalue weighted by atomic mass is 35.5. The second kappa shape index (κ2) is 6.60. The van der Waals surface area contributed by atoms with Gasteiger partial charge in [-0.3, -0.25) is 4.40 Å². The summed E-state index contributed by atoms with van der Waals surface area (Å²) in [6.07, 6.45) is 2.09. The molecule has 0 radical (unpaired) electrons. The van der Waals surface area contributed by atoms with Crippen molar-refractivity contribution >= 4 is 17.2 Å². The van der Waals surface area contributed by atoms with Crippen LogP contribution in [0.3, 0.4) is 0 Å². The number of imidazole rings is 1. The molecule has 2 heterocycles. The van der Waals surface area contributed by atoms with Crippen molar-refractivity contribution in [1.82, 2.24) is 9.38 Å². The Morgan fingerprint density at radius 2 is 1.96 bits per heavy atom. The fourth-order valence-corrected chi connectivity index (χ4v) is 2.74. The van der Waals surface area contributed by atoms with E-state index in [0.717, 1.165) is 34.8 Å². The van der Waals surface area contributed by atoms with Gasteiger partial charge in [0.2, 0.25) is 0 Å². The van der Waals surface area contributed by atoms with Gasteiger partial charge in [-0.1, -0.05) is 18.5 Å². The van der Waals surface area contributed by atoms with Crippen molar-refractivity contribution in [2.45, 2.75) is 26.4 Å². The van der Waals surface area contributed by atoms with Gasteiger partial charge in [-0.2, -0.15) is 0 Å². The number of fused-ring (bicyclic) bond motifs is 1. The van der Waals surface area contributed by atoms with Crippen molar-refractivity contribution in [3.8, 4) is 17.0 Å². The molecule has 0 saturated carbocycles. The van der Waals surface area contributed by atoms with E-state index in [2.05, 4.69) is 11.9 Å². The Hall–Kier alpha value is -2.04. The molecular formula is C18H19ClN2O2. The van der Waals surface area contributed by atoms with Gasteiger partial charge < -0.3 is 9.84 Å². The number of hydrogen-bond donors (Lipinski definition) is 1. The van der Waals surface area contributed by atoms with E-state index >= 15 is 0 Å². The largest absolute Gasteiger partial charge is 0.494 e. The summed E-state index contributed by atoms with van der Waals surface area (Å²) in [5, 5.41) is 10.8. The van der Waals surface area contributed by atoms with Gasteiger partial charge in [0.1, 0.15) is 11.4 Å². The summed E-state index contributed by atoms with van der Waals surface area (Å²) in [5.41, 5.74) is 3.17. The van der Waals surface area contributed by atoms with Crippen LogP contribution in [0, 0.1) is 0 Å². The van der Waals surface area contributed by atoms with Crippen molar-refractivity contribution in [3.63, 3.8) is 0 Å². The minimum atomic E-state index is -0.658. The Bertz CT molecular complexity index is 810. The highest BCUT2D eigenvalue weighted by Crippen LogP contribution is 2.30. The number of nitrogens with zero attached hydrogens (tertiary/aromatic N) is 2. The fraction of sp³-hybridized carbons (Fsp3) is 0.278. The second-order valence-corrected chi connectivity index (χ2v) is 5.91. The zero-order chi connectivity index (χ0) is 16.4. The van der Waals surface area contributed by atoms with Crippen molar-refractivity contribution < 1.29 is 9.84 Å². The quantitative estimate of drug-likeness (QED) is 0.749. The molecule has 3 rings (SSSR count). The number of ether oxygens (including phenoxy) is 1. The first-order valence-electron chi connectivity index (χ1n) is 7.69. The Morgan fingerprint density at radius 3 is 2.61 bits per heavy atom. The van der Waals surface area contributed by atoms with E-state index in [1.165, 1.54) is 0 Å². The predicted octanol–water partition coefficient (Wildman–Crippen LogP) is 4.50. The highest BCUT2D eigenvalue weighted by molar-refractivity contribution is 6.30. The summed E-state index contributed by atoms with van der Waals surface area (Å²) in [6.45, 7) is 4.50. The molecule has 0 fully saturated rings. The topological polar surface area (TPSA) is 46.8 Å². The Balaban J connectivity index is 2.06. The normalized spacial score (nSPS) is 12.5. The standard InChI is InChI=1S/C18H19ClN2O2/c1-3-10-23-15-7-4-13(5-8-15)17-18(12(2)22)21-11-14(19)6-9-16(21)20-17/h4-9,11-12,22H,3,10H2,1-2H3. The summed E-state index contributed by atoms with van der Waals surface area (Å²) >= 11 is 6.07. The van der Waals surface area contributed by atoms with Crippen LogP contribution in [0.1, 0.15) is 32.1 Å². The maximum absolute atomic E-state index is 10.2. The zero-order valence-corrected chi connectivity index (χ0v) is 13.9. The van der Waals surface area contributed by atoms with Gasteiger partial charge in [0.25, 0.3) is 0 Å². The van der Waals surface area contributed by atoms with Gasteiger partial charge in [0.15, 0.2) is 0 Å². The summed E-state index contributed by atoms with van der Waals surface area (Å²) < 4.78 is 7.44. The van der Waals surface area contributed by atoms with Crippen molar-refractivity contribution in [1.29, 1.82) is 0 Å². The second-order valence-electron chi connectivity index (χ2n) is 5.47. The molecule has 120 valence electrons. The number of aliphatic hydroxyl groups excluding tert-OH is 1. The minimum Gasteiger partial charge on any atom is -0.494 e. The smallest absolute Gasteiger partial charge is 0.137 e. The molecule has 2 aromatic heterocycles. The Morgan fingerprint density at radius 1 is 1.22 bits per heavy atom. The average Bonchev–Trinajstić information content (AvgIpc) is 2.92. The summed E-state index contributed by atoms with van der Waals surface area (Å²) in [7, 11) is 0. The van der Waals surface area contributed by atoms with Crippen molar-refractivity contribution in [2.75, 3.05) is 6.61 Å². The SMILES string of the molecule is CCCOc1ccc(-c2nc3ccc(Cl)cn3c2C(C)O)cc1. The third-order valence-corrected chi connectivity index (χ3v) is 3.84. The first-order chi connectivity index (χ1) is 11.1. The molecule has 0 spiro atoms. The van der Waals surface area contributed by atoms with Crippen LogP contribution in [0.5, 0.6) is 5.75 Å². The molecule has 5 heteroatoms. The van der Waals surface area contributed by atoms with Crippen LogP contribution in [0.25, 0.3) is 16.9 Å². The number of aromatic nitrogens is 2. The molecule has 0 saturated heterocycles. The van der Waals surface area contributed by atoms with E-state index in [0.29, 0.717) is 11.6 Å². The number of aliphatic hydroxyl groups is 1. The van der Waals surface area contributed by atoms with Gasteiger partial charge in [0, 0.05) is 11.8 Å². The third-order valence-electron chi connectivity index (χ3n) is 3.62. The van der Waals surface area contributed by atoms with Gasteiger partial charge in [-0.25, -0.2) is 4.98 Å². The van der Waals surface area contributed by atoms with E-state index in [1.54, 1.807) is 19.2 Å². The molecule has 1 atom stereocenters. The molecule has 23 heavy (non-hydrogen) atoms. The van der Waals surface area contributed by atoms with Crippen LogP contribution in [-0.2, 0) is 0 Å². The third kappa shape index (κ3) is 3.19. The molecule has 1 unspecified atom stereocenters. The summed E-state index contributed by atoms with van der Waals surface area (Å²) in [4.78, 5) is 4.64. The van der Waals surface area contributed by atoms with Gasteiger partial charge in [0.05, 0.1) is 29.1 Å². The summed E-state index contributed by atoms with van der Waals surface area (Å²) in [6, 6.07) is 11.4. The monoisotopic (exact) mass is 330 g/mol. The van der Waals surface area contributed by atoms with Gasteiger partial charge in [-0.05, 0) is 49.7 Å². The Kier molecular flexibility index (Phi) is 4.55.